The molecule has 0 aliphatic rings. The molecular weight excluding hydrogens is 271 g/mol. The standard InChI is InChI=1S/C10H12F3NO3S/c1-2-3-18(15,16)9-4-8(5-14-6-9)17-7-10(11,12)13/h4-6H,2-3,7H2,1H3. The first-order valence-electron chi connectivity index (χ1n) is 5.12. The molecule has 0 saturated carbocycles. The molecule has 8 heteroatoms. The number of hydrogen-bond acceptors (Lipinski definition) is 4. The Labute approximate surface area is 103 Å². The lowest BCUT2D eigenvalue weighted by Crippen LogP contribution is -2.19. The highest BCUT2D eigenvalue weighted by Crippen LogP contribution is 2.20. The lowest BCUT2D eigenvalue weighted by molar-refractivity contribution is -0.153. The van der Waals surface area contributed by atoms with Gasteiger partial charge in [0.15, 0.2) is 16.4 Å². The average Bonchev–Trinajstić information content (AvgIpc) is 2.26. The van der Waals surface area contributed by atoms with Crippen molar-refractivity contribution in [3.63, 3.8) is 0 Å². The molecule has 0 fully saturated rings. The Morgan fingerprint density at radius 1 is 1.33 bits per heavy atom. The zero-order valence-electron chi connectivity index (χ0n) is 9.57. The van der Waals surface area contributed by atoms with Crippen LogP contribution in [-0.2, 0) is 9.84 Å². The summed E-state index contributed by atoms with van der Waals surface area (Å²) >= 11 is 0. The van der Waals surface area contributed by atoms with Gasteiger partial charge in [-0.25, -0.2) is 8.42 Å². The molecule has 0 radical (unpaired) electrons. The van der Waals surface area contributed by atoms with Crippen LogP contribution in [-0.4, -0.2) is 31.9 Å². The SMILES string of the molecule is CCCS(=O)(=O)c1cncc(OCC(F)(F)F)c1. The van der Waals surface area contributed by atoms with E-state index in [0.717, 1.165) is 18.5 Å². The second-order valence-electron chi connectivity index (χ2n) is 3.58. The molecule has 102 valence electrons. The summed E-state index contributed by atoms with van der Waals surface area (Å²) in [6.07, 6.45) is -1.93. The van der Waals surface area contributed by atoms with Crippen molar-refractivity contribution in [2.75, 3.05) is 12.4 Å². The Bertz CT molecular complexity index is 499. The van der Waals surface area contributed by atoms with Crippen molar-refractivity contribution in [1.29, 1.82) is 0 Å². The van der Waals surface area contributed by atoms with Gasteiger partial charge in [0, 0.05) is 12.3 Å². The van der Waals surface area contributed by atoms with Gasteiger partial charge in [0.2, 0.25) is 0 Å². The van der Waals surface area contributed by atoms with Crippen LogP contribution in [0, 0.1) is 0 Å². The summed E-state index contributed by atoms with van der Waals surface area (Å²) in [5.74, 6) is -0.304. The van der Waals surface area contributed by atoms with Gasteiger partial charge in [0.05, 0.1) is 16.8 Å². The molecule has 1 heterocycles. The van der Waals surface area contributed by atoms with Gasteiger partial charge in [0.1, 0.15) is 5.75 Å². The van der Waals surface area contributed by atoms with Gasteiger partial charge >= 0.3 is 6.18 Å². The molecule has 0 atom stereocenters. The van der Waals surface area contributed by atoms with Crippen LogP contribution in [0.1, 0.15) is 13.3 Å². The van der Waals surface area contributed by atoms with Crippen molar-refractivity contribution < 1.29 is 26.3 Å². The molecule has 0 N–H and O–H groups in total. The molecule has 0 bridgehead atoms. The molecule has 18 heavy (non-hydrogen) atoms. The Balaban J connectivity index is 2.86. The second-order valence-corrected chi connectivity index (χ2v) is 5.69. The minimum Gasteiger partial charge on any atom is -0.482 e. The monoisotopic (exact) mass is 283 g/mol. The number of hydrogen-bond donors (Lipinski definition) is 0. The van der Waals surface area contributed by atoms with E-state index < -0.39 is 22.6 Å². The summed E-state index contributed by atoms with van der Waals surface area (Å²) in [6, 6.07) is 1.05. The van der Waals surface area contributed by atoms with Gasteiger partial charge in [0.25, 0.3) is 0 Å². The van der Waals surface area contributed by atoms with Gasteiger partial charge < -0.3 is 4.74 Å². The van der Waals surface area contributed by atoms with E-state index in [4.69, 9.17) is 0 Å². The van der Waals surface area contributed by atoms with E-state index in [1.54, 1.807) is 6.92 Å². The van der Waals surface area contributed by atoms with E-state index in [1.807, 2.05) is 0 Å². The highest BCUT2D eigenvalue weighted by atomic mass is 32.2. The molecule has 1 aromatic rings. The van der Waals surface area contributed by atoms with Gasteiger partial charge in [-0.3, -0.25) is 4.98 Å². The third-order valence-corrected chi connectivity index (χ3v) is 3.81. The number of aromatic nitrogens is 1. The van der Waals surface area contributed by atoms with Gasteiger partial charge in [-0.2, -0.15) is 13.2 Å². The Kier molecular flexibility index (Phi) is 4.55. The fourth-order valence-electron chi connectivity index (χ4n) is 1.20. The number of ether oxygens (including phenoxy) is 1. The van der Waals surface area contributed by atoms with Crippen molar-refractivity contribution in [3.05, 3.63) is 18.5 Å². The smallest absolute Gasteiger partial charge is 0.422 e. The summed E-state index contributed by atoms with van der Waals surface area (Å²) in [5, 5.41) is 0. The summed E-state index contributed by atoms with van der Waals surface area (Å²) in [6.45, 7) is 0.209. The Hall–Kier alpha value is -1.31. The first-order chi connectivity index (χ1) is 8.24. The third kappa shape index (κ3) is 4.52. The molecule has 4 nitrogen and oxygen atoms in total. The van der Waals surface area contributed by atoms with Crippen LogP contribution in [0.5, 0.6) is 5.75 Å². The molecule has 0 aromatic carbocycles. The maximum atomic E-state index is 11.9. The number of sulfone groups is 1. The molecule has 1 aromatic heterocycles. The fraction of sp³-hybridized carbons (Fsp3) is 0.500. The maximum absolute atomic E-state index is 11.9. The van der Waals surface area contributed by atoms with E-state index in [9.17, 15) is 21.6 Å². The number of alkyl halides is 3. The highest BCUT2D eigenvalue weighted by Gasteiger charge is 2.28. The van der Waals surface area contributed by atoms with Crippen molar-refractivity contribution in [1.82, 2.24) is 4.98 Å². The number of pyridine rings is 1. The van der Waals surface area contributed by atoms with Crippen LogP contribution in [0.2, 0.25) is 0 Å². The number of rotatable bonds is 5. The first kappa shape index (κ1) is 14.7. The van der Waals surface area contributed by atoms with Gasteiger partial charge in [-0.15, -0.1) is 0 Å². The second kappa shape index (κ2) is 5.55. The predicted octanol–water partition coefficient (Wildman–Crippen LogP) is 2.21. The van der Waals surface area contributed by atoms with E-state index in [1.165, 1.54) is 0 Å². The first-order valence-corrected chi connectivity index (χ1v) is 6.77. The average molecular weight is 283 g/mol. The van der Waals surface area contributed by atoms with Crippen LogP contribution in [0.4, 0.5) is 13.2 Å². The minimum absolute atomic E-state index is 0.0859. The van der Waals surface area contributed by atoms with Crippen LogP contribution >= 0.6 is 0 Å². The van der Waals surface area contributed by atoms with Crippen molar-refractivity contribution in [3.8, 4) is 5.75 Å². The quantitative estimate of drug-likeness (QED) is 0.831. The molecule has 0 aliphatic heterocycles. The minimum atomic E-state index is -4.47. The van der Waals surface area contributed by atoms with Crippen LogP contribution in [0.3, 0.4) is 0 Å². The molecule has 0 aliphatic carbocycles. The van der Waals surface area contributed by atoms with Crippen LogP contribution < -0.4 is 4.74 Å². The summed E-state index contributed by atoms with van der Waals surface area (Å²) in [5.41, 5.74) is 0. The topological polar surface area (TPSA) is 56.3 Å². The molecule has 0 saturated heterocycles. The van der Waals surface area contributed by atoms with E-state index in [2.05, 4.69) is 9.72 Å². The largest absolute Gasteiger partial charge is 0.482 e. The molecule has 0 unspecified atom stereocenters. The van der Waals surface area contributed by atoms with Crippen molar-refractivity contribution >= 4 is 9.84 Å². The number of nitrogens with zero attached hydrogens (tertiary/aromatic N) is 1. The Morgan fingerprint density at radius 2 is 2.00 bits per heavy atom. The summed E-state index contributed by atoms with van der Waals surface area (Å²) in [7, 11) is -3.51. The Morgan fingerprint density at radius 3 is 2.56 bits per heavy atom. The van der Waals surface area contributed by atoms with Crippen LogP contribution in [0.15, 0.2) is 23.4 Å². The van der Waals surface area contributed by atoms with E-state index in [0.29, 0.717) is 6.42 Å². The fourth-order valence-corrected chi connectivity index (χ4v) is 2.49. The van der Waals surface area contributed by atoms with E-state index in [-0.39, 0.29) is 16.4 Å². The zero-order valence-corrected chi connectivity index (χ0v) is 10.4. The van der Waals surface area contributed by atoms with Crippen LogP contribution in [0.25, 0.3) is 0 Å². The normalized spacial score (nSPS) is 12.4. The summed E-state index contributed by atoms with van der Waals surface area (Å²) in [4.78, 5) is 3.43. The molecule has 0 spiro atoms. The zero-order chi connectivity index (χ0) is 13.8. The number of halogens is 3. The summed E-state index contributed by atoms with van der Waals surface area (Å²) < 4.78 is 63.6. The molecule has 0 amide bonds. The lowest BCUT2D eigenvalue weighted by atomic mass is 10.4. The molecular formula is C10H12F3NO3S. The van der Waals surface area contributed by atoms with Gasteiger partial charge in [-0.05, 0) is 6.42 Å². The third-order valence-electron chi connectivity index (χ3n) is 1.92. The lowest BCUT2D eigenvalue weighted by Gasteiger charge is -2.09. The maximum Gasteiger partial charge on any atom is 0.422 e. The molecule has 1 rings (SSSR count). The van der Waals surface area contributed by atoms with Crippen molar-refractivity contribution in [2.45, 2.75) is 24.4 Å². The van der Waals surface area contributed by atoms with Crippen molar-refractivity contribution in [2.24, 2.45) is 0 Å². The van der Waals surface area contributed by atoms with E-state index >= 15 is 0 Å². The predicted molar refractivity (Wildman–Crippen MR) is 58.1 cm³/mol. The van der Waals surface area contributed by atoms with Gasteiger partial charge in [-0.1, -0.05) is 6.92 Å². The highest BCUT2D eigenvalue weighted by molar-refractivity contribution is 7.91.